The third-order valence-corrected chi connectivity index (χ3v) is 3.76. The highest BCUT2D eigenvalue weighted by Gasteiger charge is 2.43. The van der Waals surface area contributed by atoms with Crippen molar-refractivity contribution in [1.29, 1.82) is 0 Å². The van der Waals surface area contributed by atoms with Crippen molar-refractivity contribution in [2.45, 2.75) is 12.1 Å². The van der Waals surface area contributed by atoms with E-state index in [1.54, 1.807) is 11.8 Å². The van der Waals surface area contributed by atoms with Crippen molar-refractivity contribution < 1.29 is 4.74 Å². The van der Waals surface area contributed by atoms with Crippen molar-refractivity contribution in [3.8, 4) is 0 Å². The summed E-state index contributed by atoms with van der Waals surface area (Å²) in [5.41, 5.74) is 1.17. The van der Waals surface area contributed by atoms with Gasteiger partial charge in [0.2, 0.25) is 0 Å². The quantitative estimate of drug-likeness (QED) is 0.617. The van der Waals surface area contributed by atoms with Gasteiger partial charge in [0.25, 0.3) is 0 Å². The van der Waals surface area contributed by atoms with E-state index in [2.05, 4.69) is 15.3 Å². The monoisotopic (exact) mass is 216 g/mol. The molecule has 0 aromatic carbocycles. The minimum absolute atomic E-state index is 0.342. The lowest BCUT2D eigenvalue weighted by molar-refractivity contribution is 0.178. The van der Waals surface area contributed by atoms with Crippen molar-refractivity contribution in [3.05, 3.63) is 11.1 Å². The van der Waals surface area contributed by atoms with E-state index in [1.165, 1.54) is 5.70 Å². The molecule has 1 unspecified atom stereocenters. The normalized spacial score (nSPS) is 35.9. The summed E-state index contributed by atoms with van der Waals surface area (Å²) in [6.07, 6.45) is 0. The Morgan fingerprint density at radius 3 is 3.46 bits per heavy atom. The Balaban J connectivity index is 1.92. The highest BCUT2D eigenvalue weighted by Crippen LogP contribution is 2.37. The Hall–Kier alpha value is -0.190. The third-order valence-electron chi connectivity index (χ3n) is 2.58. The summed E-state index contributed by atoms with van der Waals surface area (Å²) in [5.74, 6) is 0.565. The molecule has 13 heavy (non-hydrogen) atoms. The maximum atomic E-state index is 5.85. The van der Waals surface area contributed by atoms with Gasteiger partial charge in [-0.05, 0) is 5.41 Å². The van der Waals surface area contributed by atoms with Crippen LogP contribution in [0, 0.1) is 0 Å². The van der Waals surface area contributed by atoms with Gasteiger partial charge in [0.1, 0.15) is 0 Å². The van der Waals surface area contributed by atoms with E-state index in [0.717, 1.165) is 18.4 Å². The first-order valence-corrected chi connectivity index (χ1v) is 5.68. The number of amidine groups is 1. The fraction of sp³-hybridized carbons (Fsp3) is 0.625. The number of fused-ring (bicyclic) bond motifs is 3. The maximum absolute atomic E-state index is 5.85. The molecular weight excluding hydrogens is 208 g/mol. The van der Waals surface area contributed by atoms with Gasteiger partial charge in [-0.2, -0.15) is 0 Å². The van der Waals surface area contributed by atoms with Crippen LogP contribution in [0.4, 0.5) is 0 Å². The first-order chi connectivity index (χ1) is 6.40. The number of rotatable bonds is 1. The number of ether oxygens (including phenoxy) is 1. The molecule has 2 atom stereocenters. The summed E-state index contributed by atoms with van der Waals surface area (Å²) in [5, 5.41) is 3.19. The zero-order valence-corrected chi connectivity index (χ0v) is 8.51. The lowest BCUT2D eigenvalue weighted by atomic mass is 10.2. The summed E-state index contributed by atoms with van der Waals surface area (Å²) in [7, 11) is 0. The molecule has 0 aromatic rings. The van der Waals surface area contributed by atoms with Crippen molar-refractivity contribution in [2.24, 2.45) is 4.99 Å². The second-order valence-corrected chi connectivity index (χ2v) is 4.42. The van der Waals surface area contributed by atoms with Crippen LogP contribution in [0.2, 0.25) is 0 Å². The predicted molar refractivity (Wildman–Crippen MR) is 54.1 cm³/mol. The average molecular weight is 217 g/mol. The predicted octanol–water partition coefficient (Wildman–Crippen LogP) is 1.25. The van der Waals surface area contributed by atoms with Crippen molar-refractivity contribution in [3.63, 3.8) is 0 Å². The van der Waals surface area contributed by atoms with E-state index < -0.39 is 0 Å². The summed E-state index contributed by atoms with van der Waals surface area (Å²) >= 11 is 7.52. The number of thioether (sulfide) groups is 1. The number of nitrogens with zero attached hydrogens (tertiary/aromatic N) is 2. The van der Waals surface area contributed by atoms with Crippen molar-refractivity contribution in [1.82, 2.24) is 4.90 Å². The second kappa shape index (κ2) is 2.90. The van der Waals surface area contributed by atoms with Gasteiger partial charge in [0, 0.05) is 5.70 Å². The van der Waals surface area contributed by atoms with E-state index in [4.69, 9.17) is 16.3 Å². The SMILES string of the molecule is ClCC1=CSC2=N[C@@H]3COCC3N12. The van der Waals surface area contributed by atoms with E-state index in [-0.39, 0.29) is 0 Å². The summed E-state index contributed by atoms with van der Waals surface area (Å²) in [6.45, 7) is 1.55. The molecule has 3 aliphatic rings. The Bertz CT molecular complexity index is 305. The molecule has 5 heteroatoms. The van der Waals surface area contributed by atoms with Crippen LogP contribution in [0.5, 0.6) is 0 Å². The Labute approximate surface area is 85.8 Å². The van der Waals surface area contributed by atoms with Crippen molar-refractivity contribution in [2.75, 3.05) is 19.1 Å². The molecule has 1 fully saturated rings. The molecule has 3 nitrogen and oxygen atoms in total. The molecule has 0 spiro atoms. The van der Waals surface area contributed by atoms with E-state index >= 15 is 0 Å². The van der Waals surface area contributed by atoms with Crippen LogP contribution in [-0.4, -0.2) is 41.2 Å². The van der Waals surface area contributed by atoms with E-state index in [9.17, 15) is 0 Å². The molecule has 3 aliphatic heterocycles. The summed E-state index contributed by atoms with van der Waals surface area (Å²) in [6, 6.07) is 0.754. The molecule has 0 amide bonds. The first kappa shape index (κ1) is 8.15. The zero-order valence-electron chi connectivity index (χ0n) is 6.94. The smallest absolute Gasteiger partial charge is 0.168 e. The molecule has 70 valence electrons. The second-order valence-electron chi connectivity index (χ2n) is 3.31. The fourth-order valence-electron chi connectivity index (χ4n) is 1.94. The molecule has 0 aromatic heterocycles. The van der Waals surface area contributed by atoms with E-state index in [1.807, 2.05) is 0 Å². The van der Waals surface area contributed by atoms with Crippen LogP contribution in [0.1, 0.15) is 0 Å². The highest BCUT2D eigenvalue weighted by atomic mass is 35.5. The number of allylic oxidation sites excluding steroid dienone is 1. The number of hydrogen-bond acceptors (Lipinski definition) is 4. The number of hydrogen-bond donors (Lipinski definition) is 0. The van der Waals surface area contributed by atoms with Gasteiger partial charge in [-0.1, -0.05) is 11.8 Å². The van der Waals surface area contributed by atoms with Gasteiger partial charge < -0.3 is 9.64 Å². The maximum Gasteiger partial charge on any atom is 0.168 e. The van der Waals surface area contributed by atoms with Crippen LogP contribution < -0.4 is 0 Å². The van der Waals surface area contributed by atoms with E-state index in [0.29, 0.717) is 18.0 Å². The Kier molecular flexibility index (Phi) is 1.82. The standard InChI is InChI=1S/C8H9ClN2OS/c9-1-5-4-13-8-10-6-2-12-3-7(6)11(5)8/h4,6-7H,1-3H2/t6-,7?/m1/s1. The van der Waals surface area contributed by atoms with Gasteiger partial charge in [-0.3, -0.25) is 4.99 Å². The Morgan fingerprint density at radius 1 is 1.69 bits per heavy atom. The molecule has 0 N–H and O–H groups in total. The van der Waals surface area contributed by atoms with Crippen LogP contribution in [0.25, 0.3) is 0 Å². The van der Waals surface area contributed by atoms with Gasteiger partial charge in [-0.15, -0.1) is 11.6 Å². The highest BCUT2D eigenvalue weighted by molar-refractivity contribution is 8.16. The van der Waals surface area contributed by atoms with Gasteiger partial charge in [0.15, 0.2) is 5.17 Å². The topological polar surface area (TPSA) is 24.8 Å². The lowest BCUT2D eigenvalue weighted by Crippen LogP contribution is -2.36. The van der Waals surface area contributed by atoms with Crippen LogP contribution in [0.15, 0.2) is 16.1 Å². The summed E-state index contributed by atoms with van der Waals surface area (Å²) < 4.78 is 5.38. The molecule has 1 saturated heterocycles. The lowest BCUT2D eigenvalue weighted by Gasteiger charge is -2.22. The Morgan fingerprint density at radius 2 is 2.62 bits per heavy atom. The molecular formula is C8H9ClN2OS. The molecule has 0 radical (unpaired) electrons. The van der Waals surface area contributed by atoms with Gasteiger partial charge in [-0.25, -0.2) is 0 Å². The molecule has 0 bridgehead atoms. The first-order valence-electron chi connectivity index (χ1n) is 4.26. The number of aliphatic imine (C=N–C) groups is 1. The third kappa shape index (κ3) is 1.06. The van der Waals surface area contributed by atoms with Gasteiger partial charge >= 0.3 is 0 Å². The van der Waals surface area contributed by atoms with Crippen LogP contribution >= 0.6 is 23.4 Å². The largest absolute Gasteiger partial charge is 0.377 e. The molecule has 0 saturated carbocycles. The zero-order chi connectivity index (χ0) is 8.84. The summed E-state index contributed by atoms with van der Waals surface area (Å²) in [4.78, 5) is 6.81. The molecule has 3 heterocycles. The molecule has 3 rings (SSSR count). The molecule has 0 aliphatic carbocycles. The van der Waals surface area contributed by atoms with Gasteiger partial charge in [0.05, 0.1) is 31.2 Å². The average Bonchev–Trinajstić information content (AvgIpc) is 2.72. The minimum Gasteiger partial charge on any atom is -0.377 e. The minimum atomic E-state index is 0.342. The number of halogens is 1. The number of alkyl halides is 1. The van der Waals surface area contributed by atoms with Crippen LogP contribution in [0.3, 0.4) is 0 Å². The van der Waals surface area contributed by atoms with Crippen molar-refractivity contribution >= 4 is 28.5 Å². The van der Waals surface area contributed by atoms with Crippen LogP contribution in [-0.2, 0) is 4.74 Å². The fourth-order valence-corrected chi connectivity index (χ4v) is 3.24.